The summed E-state index contributed by atoms with van der Waals surface area (Å²) in [6, 6.07) is 45.8. The summed E-state index contributed by atoms with van der Waals surface area (Å²) in [5, 5.41) is 66.6. The van der Waals surface area contributed by atoms with Crippen LogP contribution >= 0.6 is 16.3 Å². The van der Waals surface area contributed by atoms with Gasteiger partial charge in [0.15, 0.2) is 30.4 Å². The second kappa shape index (κ2) is 22.7. The topological polar surface area (TPSA) is 276 Å². The van der Waals surface area contributed by atoms with Gasteiger partial charge in [0.1, 0.15) is 22.4 Å². The van der Waals surface area contributed by atoms with Crippen LogP contribution in [0.2, 0.25) is 0 Å². The molecule has 0 radical (unpaired) electrons. The maximum absolute atomic E-state index is 16.7. The van der Waals surface area contributed by atoms with E-state index in [-0.39, 0.29) is 11.1 Å². The number of Topliss-reactive ketones (excluding diaryl/α,β-unsaturated/α-hetero) is 5. The molecule has 18 nitrogen and oxygen atoms in total. The maximum Gasteiger partial charge on any atom is 0.338 e. The molecule has 7 aromatic carbocycles. The fraction of sp³-hybridized carbons (Fsp3) is 0.183. The van der Waals surface area contributed by atoms with Crippen molar-refractivity contribution in [2.75, 3.05) is 6.61 Å². The number of esters is 2. The van der Waals surface area contributed by atoms with Crippen LogP contribution in [0.5, 0.6) is 0 Å². The Morgan fingerprint density at radius 1 is 0.443 bits per heavy atom. The number of rotatable bonds is 18. The van der Waals surface area contributed by atoms with Gasteiger partial charge in [-0.25, -0.2) is 9.59 Å². The number of carbonyl (C=O) groups is 7. The molecule has 2 fully saturated rings. The van der Waals surface area contributed by atoms with Crippen molar-refractivity contribution in [2.24, 2.45) is 0 Å². The quantitative estimate of drug-likeness (QED) is 0.0495. The Bertz CT molecular complexity index is 3360. The minimum absolute atomic E-state index is 0.0935. The second-order valence-electron chi connectivity index (χ2n) is 18.3. The van der Waals surface area contributed by atoms with Crippen LogP contribution in [0.15, 0.2) is 212 Å². The monoisotopic (exact) mass is 1130 g/mol. The van der Waals surface area contributed by atoms with Gasteiger partial charge in [-0.3, -0.25) is 27.8 Å². The van der Waals surface area contributed by atoms with Crippen LogP contribution in [0.4, 0.5) is 0 Å². The molecule has 402 valence electrons. The summed E-state index contributed by atoms with van der Waals surface area (Å²) in [4.78, 5) is 109. The first-order valence-corrected chi connectivity index (χ1v) is 25.0. The first kappa shape index (κ1) is 55.7. The standard InChI is InChI=1S/C60H47BrO18/c61-79-60(51(68)41-30-16-5-17-31-41)58(73,49(66)39-26-12-3-13-27-39)57(72,48(65)38-24-10-2-11-25-38)59(50(67)40-28-14-4-15-29-40,56(36-62,78-60)47(64)37-22-8-1-9-23-37)77-55-44(63)45(74-52(69)42-32-18-6-19-33-42)46(54(71)76-55)75-53(70)43-34-20-7-21-35-43/h1-35,44-46,54-55,62-63,71-73H,36H2/t44-,45+,46+,54+,55+,56+,57+,58+,59-,60+/m1/s1. The van der Waals surface area contributed by atoms with Crippen molar-refractivity contribution >= 4 is 57.1 Å². The summed E-state index contributed by atoms with van der Waals surface area (Å²) in [6.45, 7) is -1.96. The highest BCUT2D eigenvalue weighted by Gasteiger charge is 2.93. The molecular weight excluding hydrogens is 1090 g/mol. The third-order valence-corrected chi connectivity index (χ3v) is 14.3. The van der Waals surface area contributed by atoms with E-state index in [4.69, 9.17) is 27.5 Å². The molecule has 0 spiro atoms. The van der Waals surface area contributed by atoms with E-state index in [0.29, 0.717) is 0 Å². The molecule has 2 heterocycles. The molecule has 0 bridgehead atoms. The zero-order chi connectivity index (χ0) is 56.2. The summed E-state index contributed by atoms with van der Waals surface area (Å²) in [7, 11) is 0. The Morgan fingerprint density at radius 2 is 0.772 bits per heavy atom. The number of aliphatic hydroxyl groups excluding tert-OH is 3. The lowest BCUT2D eigenvalue weighted by Crippen LogP contribution is -2.96. The lowest BCUT2D eigenvalue weighted by molar-refractivity contribution is -0.427. The third-order valence-electron chi connectivity index (χ3n) is 13.8. The molecule has 0 unspecified atom stereocenters. The molecule has 2 aliphatic heterocycles. The molecule has 10 atom stereocenters. The van der Waals surface area contributed by atoms with Crippen molar-refractivity contribution in [1.29, 1.82) is 0 Å². The molecule has 2 aliphatic rings. The van der Waals surface area contributed by atoms with E-state index in [1.165, 1.54) is 140 Å². The van der Waals surface area contributed by atoms with Crippen LogP contribution in [0.3, 0.4) is 0 Å². The number of ketones is 5. The average molecular weight is 1140 g/mol. The molecule has 0 saturated carbocycles. The normalized spacial score (nSPS) is 27.4. The van der Waals surface area contributed by atoms with Crippen molar-refractivity contribution in [3.8, 4) is 0 Å². The highest BCUT2D eigenvalue weighted by Crippen LogP contribution is 2.62. The number of carbonyl (C=O) groups excluding carboxylic acids is 7. The lowest BCUT2D eigenvalue weighted by Gasteiger charge is -2.66. The zero-order valence-electron chi connectivity index (χ0n) is 41.2. The summed E-state index contributed by atoms with van der Waals surface area (Å²) in [5.74, 6) is -15.1. The fourth-order valence-corrected chi connectivity index (χ4v) is 10.4. The zero-order valence-corrected chi connectivity index (χ0v) is 42.8. The van der Waals surface area contributed by atoms with Gasteiger partial charge in [0.25, 0.3) is 5.79 Å². The summed E-state index contributed by atoms with van der Waals surface area (Å²) >= 11 is 2.77. The summed E-state index contributed by atoms with van der Waals surface area (Å²) in [6.07, 6.45) is -12.7. The van der Waals surface area contributed by atoms with Gasteiger partial charge in [0, 0.05) is 27.8 Å². The Morgan fingerprint density at radius 3 is 1.15 bits per heavy atom. The van der Waals surface area contributed by atoms with Gasteiger partial charge < -0.3 is 49.2 Å². The van der Waals surface area contributed by atoms with Crippen LogP contribution in [0.1, 0.15) is 72.5 Å². The number of hydrogen-bond donors (Lipinski definition) is 5. The molecular formula is C60H47BrO18. The highest BCUT2D eigenvalue weighted by atomic mass is 79.9. The number of ether oxygens (including phenoxy) is 5. The predicted molar refractivity (Wildman–Crippen MR) is 279 cm³/mol. The van der Waals surface area contributed by atoms with E-state index < -0.39 is 134 Å². The highest BCUT2D eigenvalue weighted by molar-refractivity contribution is 9.06. The lowest BCUT2D eigenvalue weighted by atomic mass is 9.50. The SMILES string of the molecule is O=C(O[C@H]1[C@@H](O)[C@H](O[C@@]2(C(=O)c3ccccc3)[C@](O)(C(=O)c3ccccc3)[C@@](O)(C(=O)c3ccccc3)[C@@](OBr)(C(=O)c3ccccc3)O[C@@]2(CO)C(=O)c2ccccc2)O[C@H](O)[C@H]1OC(=O)c1ccccc1)c1ccccc1. The van der Waals surface area contributed by atoms with Crippen LogP contribution < -0.4 is 0 Å². The average Bonchev–Trinajstić information content (AvgIpc) is 1.45. The smallest absolute Gasteiger partial charge is 0.338 e. The Kier molecular flexibility index (Phi) is 16.0. The molecule has 2 saturated heterocycles. The Balaban J connectivity index is 1.41. The Labute approximate surface area is 458 Å². The van der Waals surface area contributed by atoms with Gasteiger partial charge in [-0.2, -0.15) is 0 Å². The van der Waals surface area contributed by atoms with Crippen molar-refractivity contribution in [3.63, 3.8) is 0 Å². The fourth-order valence-electron chi connectivity index (χ4n) is 10.00. The first-order valence-electron chi connectivity index (χ1n) is 24.3. The predicted octanol–water partition coefficient (Wildman–Crippen LogP) is 5.89. The maximum atomic E-state index is 16.7. The minimum Gasteiger partial charge on any atom is -0.452 e. The van der Waals surface area contributed by atoms with Crippen molar-refractivity contribution in [1.82, 2.24) is 0 Å². The molecule has 19 heteroatoms. The van der Waals surface area contributed by atoms with Crippen LogP contribution in [-0.2, 0) is 27.5 Å². The molecule has 0 aliphatic carbocycles. The van der Waals surface area contributed by atoms with E-state index in [0.717, 1.165) is 60.7 Å². The van der Waals surface area contributed by atoms with E-state index in [1.54, 1.807) is 12.1 Å². The van der Waals surface area contributed by atoms with Crippen molar-refractivity contribution < 1.29 is 86.6 Å². The van der Waals surface area contributed by atoms with Crippen molar-refractivity contribution in [2.45, 2.75) is 59.1 Å². The molecule has 5 N–H and O–H groups in total. The molecule has 0 amide bonds. The van der Waals surface area contributed by atoms with Gasteiger partial charge in [-0.1, -0.05) is 188 Å². The van der Waals surface area contributed by atoms with Crippen molar-refractivity contribution in [3.05, 3.63) is 251 Å². The molecule has 79 heavy (non-hydrogen) atoms. The third kappa shape index (κ3) is 9.24. The minimum atomic E-state index is -4.66. The van der Waals surface area contributed by atoms with Gasteiger partial charge in [-0.15, -0.1) is 0 Å². The molecule has 7 aromatic rings. The van der Waals surface area contributed by atoms with Crippen LogP contribution in [0, 0.1) is 0 Å². The van der Waals surface area contributed by atoms with E-state index in [2.05, 4.69) is 16.3 Å². The van der Waals surface area contributed by atoms with E-state index in [1.807, 2.05) is 0 Å². The van der Waals surface area contributed by atoms with E-state index in [9.17, 15) is 35.1 Å². The van der Waals surface area contributed by atoms with Gasteiger partial charge in [-0.05, 0) is 24.3 Å². The molecule has 0 aromatic heterocycles. The van der Waals surface area contributed by atoms with Gasteiger partial charge in [0.2, 0.25) is 45.7 Å². The first-order chi connectivity index (χ1) is 38.1. The largest absolute Gasteiger partial charge is 0.452 e. The number of halogens is 1. The van der Waals surface area contributed by atoms with Crippen LogP contribution in [-0.4, -0.2) is 132 Å². The second-order valence-corrected chi connectivity index (χ2v) is 18.7. The number of hydrogen-bond acceptors (Lipinski definition) is 18. The Hall–Kier alpha value is -8.05. The summed E-state index contributed by atoms with van der Waals surface area (Å²) < 4.78 is 36.5. The molecule has 9 rings (SSSR count). The van der Waals surface area contributed by atoms with Gasteiger partial charge >= 0.3 is 11.9 Å². The van der Waals surface area contributed by atoms with Crippen LogP contribution in [0.25, 0.3) is 0 Å². The van der Waals surface area contributed by atoms with Gasteiger partial charge in [0.05, 0.1) is 17.7 Å². The summed E-state index contributed by atoms with van der Waals surface area (Å²) in [5.41, 5.74) is -20.6. The van der Waals surface area contributed by atoms with E-state index >= 15 is 24.0 Å². The number of aliphatic hydroxyl groups is 5. The number of benzene rings is 7.